The van der Waals surface area contributed by atoms with E-state index in [-0.39, 0.29) is 0 Å². The van der Waals surface area contributed by atoms with Crippen LogP contribution in [-0.4, -0.2) is 43.8 Å². The van der Waals surface area contributed by atoms with Crippen LogP contribution in [-0.2, 0) is 4.74 Å². The Bertz CT molecular complexity index is 225. The number of hydrogen-bond acceptors (Lipinski definition) is 3. The van der Waals surface area contributed by atoms with Gasteiger partial charge in [-0.3, -0.25) is 0 Å². The van der Waals surface area contributed by atoms with Crippen molar-refractivity contribution in [3.63, 3.8) is 0 Å². The van der Waals surface area contributed by atoms with Crippen LogP contribution in [0.15, 0.2) is 0 Å². The van der Waals surface area contributed by atoms with E-state index in [4.69, 9.17) is 10.5 Å². The second kappa shape index (κ2) is 6.17. The minimum absolute atomic E-state index is 0.364. The second-order valence-corrected chi connectivity index (χ2v) is 6.74. The fourth-order valence-corrected chi connectivity index (χ4v) is 2.93. The normalized spacial score (nSPS) is 27.7. The van der Waals surface area contributed by atoms with Crippen molar-refractivity contribution in [2.45, 2.75) is 52.7 Å². The highest BCUT2D eigenvalue weighted by molar-refractivity contribution is 4.82. The molecular formula is C14H30N2O. The lowest BCUT2D eigenvalue weighted by Crippen LogP contribution is -2.41. The van der Waals surface area contributed by atoms with Crippen molar-refractivity contribution in [2.24, 2.45) is 17.1 Å². The van der Waals surface area contributed by atoms with Crippen molar-refractivity contribution in [1.29, 1.82) is 0 Å². The van der Waals surface area contributed by atoms with Gasteiger partial charge in [-0.15, -0.1) is 0 Å². The van der Waals surface area contributed by atoms with E-state index in [0.29, 0.717) is 23.5 Å². The van der Waals surface area contributed by atoms with Crippen molar-refractivity contribution >= 4 is 0 Å². The maximum absolute atomic E-state index is 5.90. The topological polar surface area (TPSA) is 38.5 Å². The number of nitrogens with two attached hydrogens (primary N) is 1. The summed E-state index contributed by atoms with van der Waals surface area (Å²) in [6.07, 6.45) is 2.72. The third kappa shape index (κ3) is 4.94. The van der Waals surface area contributed by atoms with Crippen molar-refractivity contribution in [3.05, 3.63) is 0 Å². The molecule has 1 aliphatic rings. The minimum atomic E-state index is 0.364. The van der Waals surface area contributed by atoms with Crippen molar-refractivity contribution < 1.29 is 4.74 Å². The first-order chi connectivity index (χ1) is 7.83. The molecule has 0 bridgehead atoms. The van der Waals surface area contributed by atoms with Gasteiger partial charge >= 0.3 is 0 Å². The maximum atomic E-state index is 5.90. The van der Waals surface area contributed by atoms with E-state index >= 15 is 0 Å². The van der Waals surface area contributed by atoms with E-state index in [1.807, 2.05) is 0 Å². The van der Waals surface area contributed by atoms with Crippen LogP contribution >= 0.6 is 0 Å². The molecule has 2 N–H and O–H groups in total. The Labute approximate surface area is 107 Å². The molecule has 1 fully saturated rings. The maximum Gasteiger partial charge on any atom is 0.0702 e. The number of likely N-dealkylation sites (N-methyl/N-ethyl adjacent to an activating group) is 1. The molecule has 0 saturated carbocycles. The minimum Gasteiger partial charge on any atom is -0.377 e. The van der Waals surface area contributed by atoms with Gasteiger partial charge in [-0.25, -0.2) is 0 Å². The largest absolute Gasteiger partial charge is 0.377 e. The summed E-state index contributed by atoms with van der Waals surface area (Å²) in [7, 11) is 2.21. The molecule has 102 valence electrons. The molecule has 0 aromatic heterocycles. The predicted molar refractivity (Wildman–Crippen MR) is 73.1 cm³/mol. The van der Waals surface area contributed by atoms with Gasteiger partial charge in [0, 0.05) is 19.2 Å². The summed E-state index contributed by atoms with van der Waals surface area (Å²) in [5.41, 5.74) is 6.27. The lowest BCUT2D eigenvalue weighted by Gasteiger charge is -2.32. The lowest BCUT2D eigenvalue weighted by molar-refractivity contribution is 0.0755. The zero-order valence-electron chi connectivity index (χ0n) is 12.2. The quantitative estimate of drug-likeness (QED) is 0.802. The van der Waals surface area contributed by atoms with Gasteiger partial charge < -0.3 is 15.4 Å². The van der Waals surface area contributed by atoms with Crippen molar-refractivity contribution in [1.82, 2.24) is 4.90 Å². The van der Waals surface area contributed by atoms with Gasteiger partial charge in [0.25, 0.3) is 0 Å². The number of nitrogens with zero attached hydrogens (tertiary/aromatic N) is 1. The molecule has 0 spiro atoms. The Hall–Kier alpha value is -0.120. The van der Waals surface area contributed by atoms with Gasteiger partial charge in [0.05, 0.1) is 6.10 Å². The van der Waals surface area contributed by atoms with E-state index < -0.39 is 0 Å². The second-order valence-electron chi connectivity index (χ2n) is 6.74. The molecule has 3 nitrogen and oxygen atoms in total. The number of hydrogen-bond donors (Lipinski definition) is 1. The highest BCUT2D eigenvalue weighted by atomic mass is 16.5. The van der Waals surface area contributed by atoms with E-state index in [1.54, 1.807) is 0 Å². The Balaban J connectivity index is 2.44. The molecule has 3 heteroatoms. The monoisotopic (exact) mass is 242 g/mol. The average Bonchev–Trinajstić information content (AvgIpc) is 2.61. The van der Waals surface area contributed by atoms with Crippen LogP contribution in [0.5, 0.6) is 0 Å². The summed E-state index contributed by atoms with van der Waals surface area (Å²) in [4.78, 5) is 2.45. The summed E-state index contributed by atoms with van der Waals surface area (Å²) >= 11 is 0. The van der Waals surface area contributed by atoms with Gasteiger partial charge in [-0.2, -0.15) is 0 Å². The summed E-state index contributed by atoms with van der Waals surface area (Å²) in [5.74, 6) is 0.591. The molecule has 3 unspecified atom stereocenters. The third-order valence-corrected chi connectivity index (χ3v) is 3.68. The molecule has 0 amide bonds. The SMILES string of the molecule is CC1OCCC1N(C)CC(CN)CC(C)(C)C. The van der Waals surface area contributed by atoms with Gasteiger partial charge in [-0.05, 0) is 44.7 Å². The highest BCUT2D eigenvalue weighted by Gasteiger charge is 2.29. The van der Waals surface area contributed by atoms with Crippen molar-refractivity contribution in [2.75, 3.05) is 26.7 Å². The Morgan fingerprint density at radius 3 is 2.47 bits per heavy atom. The molecule has 1 heterocycles. The molecule has 1 saturated heterocycles. The van der Waals surface area contributed by atoms with Crippen LogP contribution in [0.1, 0.15) is 40.5 Å². The van der Waals surface area contributed by atoms with Gasteiger partial charge in [-0.1, -0.05) is 20.8 Å². The Morgan fingerprint density at radius 1 is 1.41 bits per heavy atom. The van der Waals surface area contributed by atoms with Crippen LogP contribution in [0.3, 0.4) is 0 Å². The van der Waals surface area contributed by atoms with Gasteiger partial charge in [0.15, 0.2) is 0 Å². The first-order valence-corrected chi connectivity index (χ1v) is 6.85. The summed E-state index contributed by atoms with van der Waals surface area (Å²) in [5, 5.41) is 0. The van der Waals surface area contributed by atoms with Crippen LogP contribution in [0.2, 0.25) is 0 Å². The van der Waals surface area contributed by atoms with E-state index in [1.165, 1.54) is 6.42 Å². The molecular weight excluding hydrogens is 212 g/mol. The number of rotatable bonds is 5. The highest BCUT2D eigenvalue weighted by Crippen LogP contribution is 2.26. The average molecular weight is 242 g/mol. The smallest absolute Gasteiger partial charge is 0.0702 e. The fraction of sp³-hybridized carbons (Fsp3) is 1.00. The zero-order valence-corrected chi connectivity index (χ0v) is 12.2. The summed E-state index contributed by atoms with van der Waals surface area (Å²) in [6, 6.07) is 0.573. The molecule has 0 aromatic rings. The Kier molecular flexibility index (Phi) is 5.42. The zero-order chi connectivity index (χ0) is 13.1. The standard InChI is InChI=1S/C14H30N2O/c1-11-13(6-7-17-11)16(5)10-12(9-15)8-14(2,3)4/h11-13H,6-10,15H2,1-5H3. The molecule has 1 rings (SSSR count). The number of ether oxygens (including phenoxy) is 1. The molecule has 1 aliphatic heterocycles. The van der Waals surface area contributed by atoms with Gasteiger partial charge in [0.2, 0.25) is 0 Å². The fourth-order valence-electron chi connectivity index (χ4n) is 2.93. The third-order valence-electron chi connectivity index (χ3n) is 3.68. The van der Waals surface area contributed by atoms with E-state index in [2.05, 4.69) is 39.6 Å². The molecule has 17 heavy (non-hydrogen) atoms. The van der Waals surface area contributed by atoms with Crippen LogP contribution in [0.25, 0.3) is 0 Å². The van der Waals surface area contributed by atoms with Crippen LogP contribution in [0, 0.1) is 11.3 Å². The molecule has 0 radical (unpaired) electrons. The molecule has 0 aliphatic carbocycles. The van der Waals surface area contributed by atoms with Gasteiger partial charge in [0.1, 0.15) is 0 Å². The predicted octanol–water partition coefficient (Wildman–Crippen LogP) is 2.11. The lowest BCUT2D eigenvalue weighted by atomic mass is 9.84. The summed E-state index contributed by atoms with van der Waals surface area (Å²) in [6.45, 7) is 11.8. The van der Waals surface area contributed by atoms with Crippen molar-refractivity contribution in [3.8, 4) is 0 Å². The molecule has 0 aromatic carbocycles. The molecule has 3 atom stereocenters. The Morgan fingerprint density at radius 2 is 2.06 bits per heavy atom. The van der Waals surface area contributed by atoms with Crippen LogP contribution < -0.4 is 5.73 Å². The van der Waals surface area contributed by atoms with Crippen LogP contribution in [0.4, 0.5) is 0 Å². The van der Waals surface area contributed by atoms with E-state index in [0.717, 1.165) is 26.1 Å². The first-order valence-electron chi connectivity index (χ1n) is 6.85. The first kappa shape index (κ1) is 14.9. The van der Waals surface area contributed by atoms with E-state index in [9.17, 15) is 0 Å². The summed E-state index contributed by atoms with van der Waals surface area (Å²) < 4.78 is 5.63.